The minimum Gasteiger partial charge on any atom is -0.351 e. The lowest BCUT2D eigenvalue weighted by atomic mass is 10.2. The molecule has 0 saturated carbocycles. The molecule has 0 radical (unpaired) electrons. The van der Waals surface area contributed by atoms with Gasteiger partial charge in [-0.25, -0.2) is 10.1 Å². The molecule has 0 aliphatic heterocycles. The third kappa shape index (κ3) is 3.64. The number of benzene rings is 1. The van der Waals surface area contributed by atoms with Crippen molar-refractivity contribution in [2.45, 2.75) is 26.2 Å². The van der Waals surface area contributed by atoms with E-state index in [9.17, 15) is 0 Å². The van der Waals surface area contributed by atoms with Gasteiger partial charge in [-0.2, -0.15) is 0 Å². The second-order valence-electron chi connectivity index (χ2n) is 4.33. The number of nitrogens with two attached hydrogens (primary N) is 1. The summed E-state index contributed by atoms with van der Waals surface area (Å²) in [7, 11) is 0. The van der Waals surface area contributed by atoms with Crippen LogP contribution in [0.4, 0.5) is 0 Å². The number of aromatic nitrogens is 3. The van der Waals surface area contributed by atoms with Crippen LogP contribution in [-0.4, -0.2) is 34.5 Å². The van der Waals surface area contributed by atoms with Gasteiger partial charge < -0.3 is 9.47 Å². The Kier molecular flexibility index (Phi) is 5.82. The number of rotatable bonds is 8. The summed E-state index contributed by atoms with van der Waals surface area (Å²) in [4.78, 5) is 0. The second-order valence-corrected chi connectivity index (χ2v) is 4.33. The topological polar surface area (TPSA) is 87.2 Å². The number of nitrogens with zero attached hydrogens (tertiary/aromatic N) is 3. The highest BCUT2D eigenvalue weighted by atomic mass is 16.7. The van der Waals surface area contributed by atoms with Gasteiger partial charge in [-0.1, -0.05) is 23.4 Å². The molecule has 2 rings (SSSR count). The minimum atomic E-state index is -0.508. The van der Waals surface area contributed by atoms with Crippen molar-refractivity contribution in [1.82, 2.24) is 20.4 Å². The molecule has 7 nitrogen and oxygen atoms in total. The van der Waals surface area contributed by atoms with E-state index in [1.165, 1.54) is 0 Å². The zero-order valence-electron chi connectivity index (χ0n) is 12.3. The third-order valence-corrected chi connectivity index (χ3v) is 3.01. The fraction of sp³-hybridized carbons (Fsp3) is 0.429. The largest absolute Gasteiger partial charge is 0.351 e. The highest BCUT2D eigenvalue weighted by Crippen LogP contribution is 2.21. The number of para-hydroxylation sites is 1. The summed E-state index contributed by atoms with van der Waals surface area (Å²) in [6.45, 7) is 4.87. The van der Waals surface area contributed by atoms with Crippen molar-refractivity contribution >= 4 is 0 Å². The average Bonchev–Trinajstić information content (AvgIpc) is 2.99. The first-order valence-corrected chi connectivity index (χ1v) is 6.97. The Hall–Kier alpha value is -1.80. The average molecular weight is 291 g/mol. The fourth-order valence-electron chi connectivity index (χ4n) is 2.10. The van der Waals surface area contributed by atoms with Crippen LogP contribution in [0.5, 0.6) is 0 Å². The van der Waals surface area contributed by atoms with Crippen LogP contribution in [0.2, 0.25) is 0 Å². The molecule has 114 valence electrons. The van der Waals surface area contributed by atoms with Crippen molar-refractivity contribution in [2.24, 2.45) is 5.84 Å². The lowest BCUT2D eigenvalue weighted by Crippen LogP contribution is -2.40. The predicted molar refractivity (Wildman–Crippen MR) is 78.5 cm³/mol. The van der Waals surface area contributed by atoms with Gasteiger partial charge in [-0.05, 0) is 26.0 Å². The van der Waals surface area contributed by atoms with Crippen molar-refractivity contribution < 1.29 is 9.47 Å². The summed E-state index contributed by atoms with van der Waals surface area (Å²) in [6.07, 6.45) is 1.15. The highest BCUT2D eigenvalue weighted by molar-refractivity contribution is 5.32. The predicted octanol–water partition coefficient (Wildman–Crippen LogP) is 1.17. The lowest BCUT2D eigenvalue weighted by molar-refractivity contribution is -0.156. The Bertz CT molecular complexity index is 525. The van der Waals surface area contributed by atoms with Crippen molar-refractivity contribution in [3.63, 3.8) is 0 Å². The SMILES string of the molecule is CCOC(OCC)C(NN)c1cnnn1-c1ccccc1. The van der Waals surface area contributed by atoms with E-state index in [-0.39, 0.29) is 6.04 Å². The maximum absolute atomic E-state index is 5.69. The molecule has 0 bridgehead atoms. The summed E-state index contributed by atoms with van der Waals surface area (Å²) in [5.41, 5.74) is 4.41. The number of hydrogen-bond donors (Lipinski definition) is 2. The minimum absolute atomic E-state index is 0.375. The molecule has 21 heavy (non-hydrogen) atoms. The standard InChI is InChI=1S/C14H21N5O2/c1-3-20-14(21-4-2)13(17-15)12-10-16-18-19(12)11-8-6-5-7-9-11/h5-10,13-14,17H,3-4,15H2,1-2H3. The molecule has 0 amide bonds. The zero-order valence-corrected chi connectivity index (χ0v) is 12.3. The fourth-order valence-corrected chi connectivity index (χ4v) is 2.10. The van der Waals surface area contributed by atoms with Gasteiger partial charge in [0.2, 0.25) is 0 Å². The maximum Gasteiger partial charge on any atom is 0.179 e. The zero-order chi connectivity index (χ0) is 15.1. The molecule has 2 aromatic rings. The van der Waals surface area contributed by atoms with Gasteiger partial charge in [0.1, 0.15) is 6.04 Å². The quantitative estimate of drug-likeness (QED) is 0.431. The number of nitrogens with one attached hydrogen (secondary N) is 1. The molecule has 0 saturated heterocycles. The number of hydrazine groups is 1. The summed E-state index contributed by atoms with van der Waals surface area (Å²) in [6, 6.07) is 9.34. The lowest BCUT2D eigenvalue weighted by Gasteiger charge is -2.26. The summed E-state index contributed by atoms with van der Waals surface area (Å²) < 4.78 is 13.0. The summed E-state index contributed by atoms with van der Waals surface area (Å²) in [5, 5.41) is 8.09. The van der Waals surface area contributed by atoms with Crippen LogP contribution < -0.4 is 11.3 Å². The molecule has 0 aliphatic rings. The van der Waals surface area contributed by atoms with Gasteiger partial charge in [0.05, 0.1) is 17.6 Å². The smallest absolute Gasteiger partial charge is 0.179 e. The second kappa shape index (κ2) is 7.84. The monoisotopic (exact) mass is 291 g/mol. The van der Waals surface area contributed by atoms with Crippen molar-refractivity contribution in [3.05, 3.63) is 42.2 Å². The van der Waals surface area contributed by atoms with Gasteiger partial charge >= 0.3 is 0 Å². The molecule has 1 aromatic heterocycles. The molecule has 1 atom stereocenters. The summed E-state index contributed by atoms with van der Waals surface area (Å²) in [5.74, 6) is 5.69. The van der Waals surface area contributed by atoms with Crippen molar-refractivity contribution in [1.29, 1.82) is 0 Å². The molecule has 1 unspecified atom stereocenters. The maximum atomic E-state index is 5.69. The van der Waals surface area contributed by atoms with Crippen LogP contribution >= 0.6 is 0 Å². The third-order valence-electron chi connectivity index (χ3n) is 3.01. The Morgan fingerprint density at radius 1 is 1.19 bits per heavy atom. The molecular formula is C14H21N5O2. The van der Waals surface area contributed by atoms with Crippen LogP contribution in [0.3, 0.4) is 0 Å². The van der Waals surface area contributed by atoms with E-state index in [2.05, 4.69) is 15.7 Å². The first kappa shape index (κ1) is 15.6. The van der Waals surface area contributed by atoms with E-state index in [1.54, 1.807) is 10.9 Å². The Labute approximate surface area is 124 Å². The van der Waals surface area contributed by atoms with E-state index < -0.39 is 6.29 Å². The van der Waals surface area contributed by atoms with Crippen molar-refractivity contribution in [3.8, 4) is 5.69 Å². The van der Waals surface area contributed by atoms with E-state index >= 15 is 0 Å². The molecule has 3 N–H and O–H groups in total. The van der Waals surface area contributed by atoms with Gasteiger partial charge in [-0.3, -0.25) is 5.84 Å². The molecule has 0 fully saturated rings. The van der Waals surface area contributed by atoms with Crippen LogP contribution in [0.1, 0.15) is 25.6 Å². The van der Waals surface area contributed by atoms with Crippen LogP contribution in [0, 0.1) is 0 Å². The molecule has 0 spiro atoms. The molecular weight excluding hydrogens is 270 g/mol. The van der Waals surface area contributed by atoms with Gasteiger partial charge in [-0.15, -0.1) is 5.10 Å². The van der Waals surface area contributed by atoms with Crippen LogP contribution in [0.25, 0.3) is 5.69 Å². The Morgan fingerprint density at radius 2 is 1.86 bits per heavy atom. The summed E-state index contributed by atoms with van der Waals surface area (Å²) >= 11 is 0. The van der Waals surface area contributed by atoms with E-state index in [4.69, 9.17) is 15.3 Å². The van der Waals surface area contributed by atoms with Gasteiger partial charge in [0.15, 0.2) is 6.29 Å². The molecule has 1 heterocycles. The van der Waals surface area contributed by atoms with E-state index in [1.807, 2.05) is 44.2 Å². The van der Waals surface area contributed by atoms with Crippen LogP contribution in [-0.2, 0) is 9.47 Å². The van der Waals surface area contributed by atoms with Gasteiger partial charge in [0, 0.05) is 13.2 Å². The van der Waals surface area contributed by atoms with E-state index in [0.29, 0.717) is 13.2 Å². The Morgan fingerprint density at radius 3 is 2.43 bits per heavy atom. The number of ether oxygens (including phenoxy) is 2. The highest BCUT2D eigenvalue weighted by Gasteiger charge is 2.27. The normalized spacial score (nSPS) is 12.8. The first-order valence-electron chi connectivity index (χ1n) is 6.97. The van der Waals surface area contributed by atoms with E-state index in [0.717, 1.165) is 11.4 Å². The van der Waals surface area contributed by atoms with Gasteiger partial charge in [0.25, 0.3) is 0 Å². The Balaban J connectivity index is 2.32. The number of hydrogen-bond acceptors (Lipinski definition) is 6. The first-order chi connectivity index (χ1) is 10.3. The van der Waals surface area contributed by atoms with Crippen LogP contribution in [0.15, 0.2) is 36.5 Å². The molecule has 7 heteroatoms. The molecule has 0 aliphatic carbocycles. The van der Waals surface area contributed by atoms with Crippen molar-refractivity contribution in [2.75, 3.05) is 13.2 Å². The molecule has 1 aromatic carbocycles.